The van der Waals surface area contributed by atoms with Crippen molar-refractivity contribution in [3.05, 3.63) is 156 Å². The molecule has 0 saturated heterocycles. The molecule has 2 aliphatic carbocycles. The van der Waals surface area contributed by atoms with E-state index in [1.807, 2.05) is 6.08 Å². The van der Waals surface area contributed by atoms with Gasteiger partial charge in [0, 0.05) is 51.3 Å². The van der Waals surface area contributed by atoms with Gasteiger partial charge in [0.05, 0.1) is 39.3 Å². The Morgan fingerprint density at radius 2 is 1.32 bits per heavy atom. The Morgan fingerprint density at radius 3 is 2.07 bits per heavy atom. The van der Waals surface area contributed by atoms with E-state index in [4.69, 9.17) is 4.98 Å². The van der Waals surface area contributed by atoms with E-state index in [0.717, 1.165) is 34.7 Å². The molecule has 0 N–H and O–H groups in total. The monoisotopic (exact) mass is 522 g/mol. The highest BCUT2D eigenvalue weighted by molar-refractivity contribution is 6.25. The lowest BCUT2D eigenvalue weighted by Gasteiger charge is -2.14. The second kappa shape index (κ2) is 8.50. The molecule has 0 unspecified atom stereocenters. The number of para-hydroxylation sites is 3. The van der Waals surface area contributed by atoms with E-state index < -0.39 is 0 Å². The first-order valence-corrected chi connectivity index (χ1v) is 14.0. The molecule has 0 atom stereocenters. The second-order valence-electron chi connectivity index (χ2n) is 10.7. The van der Waals surface area contributed by atoms with Gasteiger partial charge in [-0.2, -0.15) is 0 Å². The maximum Gasteiger partial charge on any atom is 0.145 e. The predicted octanol–water partition coefficient (Wildman–Crippen LogP) is 9.03. The summed E-state index contributed by atoms with van der Waals surface area (Å²) >= 11 is 0. The van der Waals surface area contributed by atoms with Crippen LogP contribution in [0.3, 0.4) is 0 Å². The number of allylic oxidation sites excluding steroid dienone is 6. The highest BCUT2D eigenvalue weighted by Gasteiger charge is 2.36. The summed E-state index contributed by atoms with van der Waals surface area (Å²) in [7, 11) is 0. The van der Waals surface area contributed by atoms with Gasteiger partial charge in [-0.1, -0.05) is 84.9 Å². The number of aromatic nitrogens is 3. The van der Waals surface area contributed by atoms with Crippen molar-refractivity contribution < 1.29 is 0 Å². The topological polar surface area (TPSA) is 22.8 Å². The number of fused-ring (bicyclic) bond motifs is 9. The van der Waals surface area contributed by atoms with Crippen molar-refractivity contribution in [3.8, 4) is 22.8 Å². The van der Waals surface area contributed by atoms with Crippen LogP contribution in [-0.4, -0.2) is 14.1 Å². The summed E-state index contributed by atoms with van der Waals surface area (Å²) in [6.45, 7) is 0. The van der Waals surface area contributed by atoms with Gasteiger partial charge in [0.15, 0.2) is 0 Å². The number of imidazole rings is 1. The van der Waals surface area contributed by atoms with E-state index in [1.54, 1.807) is 0 Å². The van der Waals surface area contributed by atoms with Crippen molar-refractivity contribution in [1.82, 2.24) is 14.1 Å². The van der Waals surface area contributed by atoms with Crippen LogP contribution in [0.5, 0.6) is 0 Å². The minimum atomic E-state index is 0.845. The van der Waals surface area contributed by atoms with Crippen molar-refractivity contribution in [2.24, 2.45) is 0 Å². The van der Waals surface area contributed by atoms with Crippen molar-refractivity contribution >= 4 is 38.4 Å². The fourth-order valence-electron chi connectivity index (χ4n) is 6.81. The molecule has 0 aliphatic heterocycles. The highest BCUT2D eigenvalue weighted by atomic mass is 15.1. The molecule has 41 heavy (non-hydrogen) atoms. The average Bonchev–Trinajstić information content (AvgIpc) is 3.72. The standard InChI is InChI=1S/C38H24N3/c1-4-14-25(15-5-1)38-39-35-34-30-22-12-13-23-32(30)40(27-17-6-2-7-18-27)37(34)33-29-21-11-10-16-26(29)24-31(33)36(35)41(38)28-19-8-3-9-20-28/h1-9,11-23H,24H2/q+1. The van der Waals surface area contributed by atoms with Gasteiger partial charge >= 0.3 is 0 Å². The van der Waals surface area contributed by atoms with E-state index >= 15 is 0 Å². The number of nitrogens with zero attached hydrogens (tertiary/aromatic N) is 3. The molecule has 5 aromatic carbocycles. The minimum Gasteiger partial charge on any atom is -0.308 e. The first kappa shape index (κ1) is 22.3. The molecule has 0 bridgehead atoms. The summed E-state index contributed by atoms with van der Waals surface area (Å²) in [4.78, 5) is 5.53. The smallest absolute Gasteiger partial charge is 0.145 e. The first-order chi connectivity index (χ1) is 20.4. The molecule has 7 aromatic rings. The summed E-state index contributed by atoms with van der Waals surface area (Å²) in [6.07, 6.45) is 10.6. The number of benzene rings is 5. The summed E-state index contributed by atoms with van der Waals surface area (Å²) in [5, 5.41) is 2.41. The average molecular weight is 523 g/mol. The third kappa shape index (κ3) is 3.10. The van der Waals surface area contributed by atoms with E-state index in [9.17, 15) is 0 Å². The van der Waals surface area contributed by atoms with Crippen LogP contribution in [0.2, 0.25) is 0 Å². The van der Waals surface area contributed by atoms with Crippen LogP contribution in [0.25, 0.3) is 61.2 Å². The maximum absolute atomic E-state index is 5.53. The summed E-state index contributed by atoms with van der Waals surface area (Å²) < 4.78 is 4.83. The minimum absolute atomic E-state index is 0.845. The summed E-state index contributed by atoms with van der Waals surface area (Å²) in [5.74, 6) is 0.959. The zero-order chi connectivity index (χ0) is 26.9. The van der Waals surface area contributed by atoms with Gasteiger partial charge < -0.3 is 4.57 Å². The van der Waals surface area contributed by atoms with Crippen molar-refractivity contribution in [1.29, 1.82) is 0 Å². The fraction of sp³-hybridized carbons (Fsp3) is 0.0263. The fourth-order valence-corrected chi connectivity index (χ4v) is 6.81. The molecule has 0 radical (unpaired) electrons. The largest absolute Gasteiger partial charge is 0.308 e. The molecule has 2 aromatic heterocycles. The molecule has 9 rings (SSSR count). The van der Waals surface area contributed by atoms with Gasteiger partial charge in [0.1, 0.15) is 18.0 Å². The highest BCUT2D eigenvalue weighted by Crippen LogP contribution is 2.49. The van der Waals surface area contributed by atoms with Crippen molar-refractivity contribution in [3.63, 3.8) is 0 Å². The number of hydrogen-bond acceptors (Lipinski definition) is 1. The molecule has 3 nitrogen and oxygen atoms in total. The van der Waals surface area contributed by atoms with Crippen LogP contribution in [0.4, 0.5) is 0 Å². The van der Waals surface area contributed by atoms with Gasteiger partial charge in [-0.05, 0) is 30.3 Å². The Kier molecular flexibility index (Phi) is 4.63. The Bertz CT molecular complexity index is 2240. The summed E-state index contributed by atoms with van der Waals surface area (Å²) in [5.41, 5.74) is 13.2. The van der Waals surface area contributed by atoms with Crippen molar-refractivity contribution in [2.45, 2.75) is 6.42 Å². The Morgan fingerprint density at radius 1 is 0.659 bits per heavy atom. The molecule has 2 aliphatic rings. The quantitative estimate of drug-likeness (QED) is 0.212. The van der Waals surface area contributed by atoms with Crippen LogP contribution >= 0.6 is 0 Å². The Balaban J connectivity index is 1.56. The van der Waals surface area contributed by atoms with Gasteiger partial charge in [-0.25, -0.2) is 4.98 Å². The zero-order valence-corrected chi connectivity index (χ0v) is 22.3. The molecule has 190 valence electrons. The molecule has 3 heteroatoms. The van der Waals surface area contributed by atoms with Crippen LogP contribution in [-0.2, 0) is 6.42 Å². The molecular weight excluding hydrogens is 498 g/mol. The van der Waals surface area contributed by atoms with E-state index in [-0.39, 0.29) is 0 Å². The lowest BCUT2D eigenvalue weighted by atomic mass is 9.97. The lowest BCUT2D eigenvalue weighted by molar-refractivity contribution is 1.09. The van der Waals surface area contributed by atoms with Crippen LogP contribution in [0.15, 0.2) is 139 Å². The van der Waals surface area contributed by atoms with Crippen LogP contribution in [0.1, 0.15) is 11.1 Å². The molecular formula is C38H24N3+. The predicted molar refractivity (Wildman–Crippen MR) is 168 cm³/mol. The van der Waals surface area contributed by atoms with Gasteiger partial charge in [-0.15, -0.1) is 0 Å². The third-order valence-corrected chi connectivity index (χ3v) is 8.46. The zero-order valence-electron chi connectivity index (χ0n) is 22.3. The molecule has 0 saturated carbocycles. The number of rotatable bonds is 3. The SMILES string of the molecule is [C+]1=CC2=C(C=C1)c1c(c3c(nc(-c4ccccc4)n3-c3ccccc3)c3c4ccccc4n(-c4ccccc4)c13)C2. The van der Waals surface area contributed by atoms with Gasteiger partial charge in [0.25, 0.3) is 0 Å². The Labute approximate surface area is 237 Å². The third-order valence-electron chi connectivity index (χ3n) is 8.46. The molecule has 0 amide bonds. The Hall–Kier alpha value is -5.50. The van der Waals surface area contributed by atoms with Gasteiger partial charge in [-0.3, -0.25) is 4.57 Å². The summed E-state index contributed by atoms with van der Waals surface area (Å²) in [6, 6.07) is 40.8. The van der Waals surface area contributed by atoms with Crippen LogP contribution in [0, 0.1) is 6.08 Å². The van der Waals surface area contributed by atoms with E-state index in [1.165, 1.54) is 49.6 Å². The maximum atomic E-state index is 5.53. The second-order valence-corrected chi connectivity index (χ2v) is 10.7. The normalized spacial score (nSPS) is 13.8. The first-order valence-electron chi connectivity index (χ1n) is 14.0. The molecule has 0 spiro atoms. The lowest BCUT2D eigenvalue weighted by Crippen LogP contribution is -2.02. The van der Waals surface area contributed by atoms with Crippen LogP contribution < -0.4 is 0 Å². The van der Waals surface area contributed by atoms with E-state index in [2.05, 4.69) is 143 Å². The van der Waals surface area contributed by atoms with Gasteiger partial charge in [0.2, 0.25) is 0 Å². The van der Waals surface area contributed by atoms with E-state index in [0.29, 0.717) is 0 Å². The van der Waals surface area contributed by atoms with Crippen molar-refractivity contribution in [2.75, 3.05) is 0 Å². The molecule has 2 heterocycles. The molecule has 0 fully saturated rings. The number of hydrogen-bond donors (Lipinski definition) is 0.